The third-order valence-corrected chi connectivity index (χ3v) is 3.30. The molecule has 1 aromatic carbocycles. The third-order valence-electron chi connectivity index (χ3n) is 2.75. The SMILES string of the molecule is CC(C)CNC(=O)c1cnc(Nc2ccc(Cl)cc2Cl)cn1. The molecule has 2 aromatic rings. The van der Waals surface area contributed by atoms with Gasteiger partial charge in [0.05, 0.1) is 23.1 Å². The van der Waals surface area contributed by atoms with Crippen molar-refractivity contribution in [2.45, 2.75) is 13.8 Å². The van der Waals surface area contributed by atoms with E-state index in [1.54, 1.807) is 18.2 Å². The second kappa shape index (κ2) is 7.42. The Labute approximate surface area is 139 Å². The molecule has 2 rings (SSSR count). The molecule has 0 aliphatic heterocycles. The van der Waals surface area contributed by atoms with Crippen LogP contribution >= 0.6 is 23.2 Å². The van der Waals surface area contributed by atoms with E-state index in [9.17, 15) is 4.79 Å². The van der Waals surface area contributed by atoms with Gasteiger partial charge < -0.3 is 10.6 Å². The van der Waals surface area contributed by atoms with Gasteiger partial charge in [-0.3, -0.25) is 4.79 Å². The van der Waals surface area contributed by atoms with Crippen molar-refractivity contribution in [3.63, 3.8) is 0 Å². The van der Waals surface area contributed by atoms with E-state index in [-0.39, 0.29) is 11.6 Å². The quantitative estimate of drug-likeness (QED) is 0.867. The van der Waals surface area contributed by atoms with Crippen LogP contribution in [0.2, 0.25) is 10.0 Å². The van der Waals surface area contributed by atoms with Gasteiger partial charge in [-0.2, -0.15) is 0 Å². The molecule has 0 radical (unpaired) electrons. The van der Waals surface area contributed by atoms with E-state index in [4.69, 9.17) is 23.2 Å². The maximum atomic E-state index is 11.8. The minimum Gasteiger partial charge on any atom is -0.350 e. The molecule has 0 spiro atoms. The van der Waals surface area contributed by atoms with Crippen molar-refractivity contribution < 1.29 is 4.79 Å². The molecule has 0 saturated carbocycles. The number of nitrogens with zero attached hydrogens (tertiary/aromatic N) is 2. The van der Waals surface area contributed by atoms with Crippen LogP contribution in [0.4, 0.5) is 11.5 Å². The van der Waals surface area contributed by atoms with Crippen LogP contribution in [0.15, 0.2) is 30.6 Å². The Balaban J connectivity index is 2.04. The van der Waals surface area contributed by atoms with Crippen LogP contribution in [-0.2, 0) is 0 Å². The first-order valence-corrected chi connectivity index (χ1v) is 7.53. The minimum atomic E-state index is -0.239. The van der Waals surface area contributed by atoms with Crippen LogP contribution in [0.25, 0.3) is 0 Å². The normalized spacial score (nSPS) is 10.6. The minimum absolute atomic E-state index is 0.239. The van der Waals surface area contributed by atoms with Gasteiger partial charge in [0.2, 0.25) is 0 Å². The maximum Gasteiger partial charge on any atom is 0.271 e. The lowest BCUT2D eigenvalue weighted by Crippen LogP contribution is -2.28. The van der Waals surface area contributed by atoms with E-state index in [0.717, 1.165) is 0 Å². The van der Waals surface area contributed by atoms with Gasteiger partial charge in [-0.1, -0.05) is 37.0 Å². The van der Waals surface area contributed by atoms with Crippen LogP contribution in [0.5, 0.6) is 0 Å². The summed E-state index contributed by atoms with van der Waals surface area (Å²) in [4.78, 5) is 20.1. The Bertz CT molecular complexity index is 659. The molecule has 0 aliphatic carbocycles. The predicted molar refractivity (Wildman–Crippen MR) is 88.9 cm³/mol. The average Bonchev–Trinajstić information content (AvgIpc) is 2.48. The molecule has 1 aromatic heterocycles. The van der Waals surface area contributed by atoms with Crippen LogP contribution < -0.4 is 10.6 Å². The van der Waals surface area contributed by atoms with Crippen molar-refractivity contribution >= 4 is 40.6 Å². The lowest BCUT2D eigenvalue weighted by molar-refractivity contribution is 0.0943. The zero-order chi connectivity index (χ0) is 16.1. The van der Waals surface area contributed by atoms with Crippen molar-refractivity contribution in [1.82, 2.24) is 15.3 Å². The Kier molecular flexibility index (Phi) is 5.57. The topological polar surface area (TPSA) is 66.9 Å². The van der Waals surface area contributed by atoms with Crippen LogP contribution in [-0.4, -0.2) is 22.4 Å². The Morgan fingerprint density at radius 3 is 2.59 bits per heavy atom. The number of halogens is 2. The molecule has 1 amide bonds. The molecule has 1 heterocycles. The highest BCUT2D eigenvalue weighted by molar-refractivity contribution is 6.36. The first kappa shape index (κ1) is 16.5. The van der Waals surface area contributed by atoms with Crippen molar-refractivity contribution in [3.8, 4) is 0 Å². The molecule has 0 fully saturated rings. The summed E-state index contributed by atoms with van der Waals surface area (Å²) in [5.41, 5.74) is 0.936. The molecule has 7 heteroatoms. The highest BCUT2D eigenvalue weighted by Gasteiger charge is 2.09. The zero-order valence-corrected chi connectivity index (χ0v) is 13.7. The highest BCUT2D eigenvalue weighted by atomic mass is 35.5. The predicted octanol–water partition coefficient (Wildman–Crippen LogP) is 3.91. The van der Waals surface area contributed by atoms with Crippen molar-refractivity contribution in [1.29, 1.82) is 0 Å². The average molecular weight is 339 g/mol. The Morgan fingerprint density at radius 2 is 2.00 bits per heavy atom. The molecule has 0 bridgehead atoms. The number of hydrogen-bond donors (Lipinski definition) is 2. The number of carbonyl (C=O) groups is 1. The number of amides is 1. The van der Waals surface area contributed by atoms with Gasteiger partial charge in [-0.15, -0.1) is 0 Å². The lowest BCUT2D eigenvalue weighted by atomic mass is 10.2. The molecule has 22 heavy (non-hydrogen) atoms. The van der Waals surface area contributed by atoms with Gasteiger partial charge in [-0.05, 0) is 24.1 Å². The maximum absolute atomic E-state index is 11.8. The van der Waals surface area contributed by atoms with Gasteiger partial charge in [-0.25, -0.2) is 9.97 Å². The lowest BCUT2D eigenvalue weighted by Gasteiger charge is -2.09. The van der Waals surface area contributed by atoms with Crippen molar-refractivity contribution in [3.05, 3.63) is 46.3 Å². The van der Waals surface area contributed by atoms with Gasteiger partial charge in [0.1, 0.15) is 11.5 Å². The van der Waals surface area contributed by atoms with Gasteiger partial charge in [0.15, 0.2) is 0 Å². The van der Waals surface area contributed by atoms with Gasteiger partial charge in [0.25, 0.3) is 5.91 Å². The fraction of sp³-hybridized carbons (Fsp3) is 0.267. The number of aromatic nitrogens is 2. The zero-order valence-electron chi connectivity index (χ0n) is 12.2. The molecule has 0 aliphatic rings. The third kappa shape index (κ3) is 4.58. The second-order valence-electron chi connectivity index (χ2n) is 5.14. The monoisotopic (exact) mass is 338 g/mol. The summed E-state index contributed by atoms with van der Waals surface area (Å²) in [5, 5.41) is 6.84. The molecule has 116 valence electrons. The number of benzene rings is 1. The van der Waals surface area contributed by atoms with Crippen LogP contribution in [0, 0.1) is 5.92 Å². The first-order chi connectivity index (χ1) is 10.5. The van der Waals surface area contributed by atoms with E-state index in [0.29, 0.717) is 34.0 Å². The van der Waals surface area contributed by atoms with Crippen molar-refractivity contribution in [2.75, 3.05) is 11.9 Å². The molecule has 5 nitrogen and oxygen atoms in total. The summed E-state index contributed by atoms with van der Waals surface area (Å²) in [7, 11) is 0. The Morgan fingerprint density at radius 1 is 1.23 bits per heavy atom. The summed E-state index contributed by atoms with van der Waals surface area (Å²) in [6.07, 6.45) is 2.90. The van der Waals surface area contributed by atoms with Crippen LogP contribution in [0.3, 0.4) is 0 Å². The summed E-state index contributed by atoms with van der Waals surface area (Å²) >= 11 is 11.9. The van der Waals surface area contributed by atoms with Gasteiger partial charge in [0, 0.05) is 11.6 Å². The smallest absolute Gasteiger partial charge is 0.271 e. The van der Waals surface area contributed by atoms with E-state index < -0.39 is 0 Å². The van der Waals surface area contributed by atoms with Crippen molar-refractivity contribution in [2.24, 2.45) is 5.92 Å². The number of hydrogen-bond acceptors (Lipinski definition) is 4. The fourth-order valence-corrected chi connectivity index (χ4v) is 2.08. The van der Waals surface area contributed by atoms with E-state index >= 15 is 0 Å². The summed E-state index contributed by atoms with van der Waals surface area (Å²) in [6, 6.07) is 5.10. The number of anilines is 2. The fourth-order valence-electron chi connectivity index (χ4n) is 1.63. The van der Waals surface area contributed by atoms with E-state index in [1.807, 2.05) is 13.8 Å². The molecular weight excluding hydrogens is 323 g/mol. The number of carbonyl (C=O) groups excluding carboxylic acids is 1. The first-order valence-electron chi connectivity index (χ1n) is 6.78. The Hall–Kier alpha value is -1.85. The molecule has 0 saturated heterocycles. The molecule has 0 unspecified atom stereocenters. The number of nitrogens with one attached hydrogen (secondary N) is 2. The van der Waals surface area contributed by atoms with Crippen LogP contribution in [0.1, 0.15) is 24.3 Å². The second-order valence-corrected chi connectivity index (χ2v) is 5.98. The summed E-state index contributed by atoms with van der Waals surface area (Å²) < 4.78 is 0. The van der Waals surface area contributed by atoms with E-state index in [1.165, 1.54) is 12.4 Å². The summed E-state index contributed by atoms with van der Waals surface area (Å²) in [6.45, 7) is 4.64. The molecule has 2 N–H and O–H groups in total. The largest absolute Gasteiger partial charge is 0.350 e. The highest BCUT2D eigenvalue weighted by Crippen LogP contribution is 2.27. The number of rotatable bonds is 5. The van der Waals surface area contributed by atoms with E-state index in [2.05, 4.69) is 20.6 Å². The summed E-state index contributed by atoms with van der Waals surface area (Å²) in [5.74, 6) is 0.631. The van der Waals surface area contributed by atoms with Gasteiger partial charge >= 0.3 is 0 Å². The molecule has 0 atom stereocenters. The standard InChI is InChI=1S/C15H16Cl2N4O/c1-9(2)6-20-15(22)13-7-19-14(8-18-13)21-12-4-3-10(16)5-11(12)17/h3-5,7-9H,6H2,1-2H3,(H,19,21)(H,20,22). The molecular formula is C15H16Cl2N4O.